The number of thioether (sulfide) groups is 1. The first-order chi connectivity index (χ1) is 10.0. The summed E-state index contributed by atoms with van der Waals surface area (Å²) < 4.78 is 24.4. The molecular formula is C14H13F2N3OS. The molecule has 110 valence electrons. The largest absolute Gasteiger partial charge is 0.397 e. The second-order valence-corrected chi connectivity index (χ2v) is 5.27. The van der Waals surface area contributed by atoms with Crippen molar-refractivity contribution >= 4 is 29.0 Å². The van der Waals surface area contributed by atoms with E-state index in [2.05, 4.69) is 10.3 Å². The van der Waals surface area contributed by atoms with Crippen molar-refractivity contribution in [3.63, 3.8) is 0 Å². The summed E-state index contributed by atoms with van der Waals surface area (Å²) in [7, 11) is 0. The Labute approximate surface area is 124 Å². The molecule has 0 saturated carbocycles. The van der Waals surface area contributed by atoms with Gasteiger partial charge in [-0.2, -0.15) is 8.78 Å². The zero-order valence-corrected chi connectivity index (χ0v) is 11.7. The summed E-state index contributed by atoms with van der Waals surface area (Å²) in [6.07, 6.45) is 1.60. The first-order valence-electron chi connectivity index (χ1n) is 6.08. The van der Waals surface area contributed by atoms with Gasteiger partial charge in [0.25, 0.3) is 5.76 Å². The fourth-order valence-electron chi connectivity index (χ4n) is 1.63. The van der Waals surface area contributed by atoms with Crippen molar-refractivity contribution in [1.82, 2.24) is 4.98 Å². The smallest absolute Gasteiger partial charge is 0.288 e. The number of nitrogen functional groups attached to an aromatic ring is 1. The van der Waals surface area contributed by atoms with Crippen LogP contribution >= 0.6 is 11.8 Å². The maximum Gasteiger partial charge on any atom is 0.288 e. The van der Waals surface area contributed by atoms with Gasteiger partial charge >= 0.3 is 0 Å². The van der Waals surface area contributed by atoms with E-state index in [-0.39, 0.29) is 12.3 Å². The molecule has 1 amide bonds. The molecule has 4 nitrogen and oxygen atoms in total. The topological polar surface area (TPSA) is 68.0 Å². The lowest BCUT2D eigenvalue weighted by atomic mass is 10.2. The summed E-state index contributed by atoms with van der Waals surface area (Å²) in [6, 6.07) is 9.59. The van der Waals surface area contributed by atoms with Crippen LogP contribution in [-0.4, -0.2) is 16.6 Å². The third kappa shape index (κ3) is 5.03. The molecule has 0 unspecified atom stereocenters. The van der Waals surface area contributed by atoms with Crippen LogP contribution in [0.2, 0.25) is 0 Å². The van der Waals surface area contributed by atoms with Crippen LogP contribution in [0.3, 0.4) is 0 Å². The number of rotatable bonds is 5. The van der Waals surface area contributed by atoms with Crippen molar-refractivity contribution in [2.24, 2.45) is 0 Å². The Morgan fingerprint density at radius 3 is 2.52 bits per heavy atom. The first kappa shape index (κ1) is 15.2. The predicted octanol–water partition coefficient (Wildman–Crippen LogP) is 3.16. The third-order valence-electron chi connectivity index (χ3n) is 2.55. The van der Waals surface area contributed by atoms with Crippen LogP contribution in [0.1, 0.15) is 5.69 Å². The van der Waals surface area contributed by atoms with Gasteiger partial charge in [0.2, 0.25) is 5.91 Å². The van der Waals surface area contributed by atoms with Crippen LogP contribution in [0, 0.1) is 0 Å². The predicted molar refractivity (Wildman–Crippen MR) is 79.3 cm³/mol. The van der Waals surface area contributed by atoms with Gasteiger partial charge in [-0.1, -0.05) is 11.8 Å². The molecule has 0 spiro atoms. The molecule has 0 aliphatic rings. The van der Waals surface area contributed by atoms with Crippen molar-refractivity contribution in [2.45, 2.75) is 17.1 Å². The molecule has 1 aromatic heterocycles. The van der Waals surface area contributed by atoms with Gasteiger partial charge in [0.05, 0.1) is 18.3 Å². The zero-order valence-electron chi connectivity index (χ0n) is 10.9. The molecule has 0 aliphatic heterocycles. The van der Waals surface area contributed by atoms with Gasteiger partial charge in [0.15, 0.2) is 0 Å². The van der Waals surface area contributed by atoms with E-state index in [1.165, 1.54) is 18.3 Å². The minimum absolute atomic E-state index is 0.119. The lowest BCUT2D eigenvalue weighted by Gasteiger charge is -2.06. The normalized spacial score (nSPS) is 10.6. The maximum absolute atomic E-state index is 12.2. The molecule has 1 aromatic carbocycles. The summed E-state index contributed by atoms with van der Waals surface area (Å²) in [5, 5.41) is 2.68. The van der Waals surface area contributed by atoms with Crippen LogP contribution in [0.5, 0.6) is 0 Å². The molecule has 0 aliphatic carbocycles. The Kier molecular flexibility index (Phi) is 5.10. The lowest BCUT2D eigenvalue weighted by molar-refractivity contribution is -0.115. The number of carbonyl (C=O) groups excluding carboxylic acids is 1. The van der Waals surface area contributed by atoms with E-state index in [9.17, 15) is 13.6 Å². The highest BCUT2D eigenvalue weighted by Crippen LogP contribution is 2.26. The average Bonchev–Trinajstić information content (AvgIpc) is 2.43. The fourth-order valence-corrected chi connectivity index (χ4v) is 2.13. The Bertz CT molecular complexity index is 603. The Morgan fingerprint density at radius 1 is 1.24 bits per heavy atom. The third-order valence-corrected chi connectivity index (χ3v) is 3.28. The van der Waals surface area contributed by atoms with E-state index in [1.807, 2.05) is 0 Å². The SMILES string of the molecule is Nc1ccc(CC(=O)Nc2ccc(SC(F)F)cc2)nc1. The lowest BCUT2D eigenvalue weighted by Crippen LogP contribution is -2.15. The van der Waals surface area contributed by atoms with Gasteiger partial charge in [-0.3, -0.25) is 9.78 Å². The number of anilines is 2. The molecule has 0 bridgehead atoms. The highest BCUT2D eigenvalue weighted by Gasteiger charge is 2.07. The van der Waals surface area contributed by atoms with Crippen molar-refractivity contribution in [3.05, 3.63) is 48.3 Å². The number of nitrogens with one attached hydrogen (secondary N) is 1. The molecule has 0 radical (unpaired) electrons. The van der Waals surface area contributed by atoms with Gasteiger partial charge in [0, 0.05) is 16.3 Å². The number of benzene rings is 1. The van der Waals surface area contributed by atoms with Gasteiger partial charge in [-0.25, -0.2) is 0 Å². The van der Waals surface area contributed by atoms with Crippen LogP contribution in [0.25, 0.3) is 0 Å². The molecule has 0 fully saturated rings. The number of aromatic nitrogens is 1. The summed E-state index contributed by atoms with van der Waals surface area (Å²) in [5.41, 5.74) is 7.20. The molecule has 7 heteroatoms. The quantitative estimate of drug-likeness (QED) is 0.833. The second-order valence-electron chi connectivity index (χ2n) is 4.21. The molecule has 3 N–H and O–H groups in total. The number of nitrogens with zero attached hydrogens (tertiary/aromatic N) is 1. The fraction of sp³-hybridized carbons (Fsp3) is 0.143. The number of amides is 1. The monoisotopic (exact) mass is 309 g/mol. The average molecular weight is 309 g/mol. The summed E-state index contributed by atoms with van der Waals surface area (Å²) in [6.45, 7) is 0. The zero-order chi connectivity index (χ0) is 15.2. The second kappa shape index (κ2) is 7.03. The molecule has 1 heterocycles. The van der Waals surface area contributed by atoms with Gasteiger partial charge in [0.1, 0.15) is 0 Å². The maximum atomic E-state index is 12.2. The Balaban J connectivity index is 1.91. The molecule has 0 atom stereocenters. The summed E-state index contributed by atoms with van der Waals surface area (Å²) in [4.78, 5) is 16.3. The van der Waals surface area contributed by atoms with Gasteiger partial charge < -0.3 is 11.1 Å². The van der Waals surface area contributed by atoms with Crippen molar-refractivity contribution in [3.8, 4) is 0 Å². The molecule has 0 saturated heterocycles. The first-order valence-corrected chi connectivity index (χ1v) is 6.96. The van der Waals surface area contributed by atoms with E-state index >= 15 is 0 Å². The standard InChI is InChI=1S/C14H13F2N3OS/c15-14(16)21-12-5-3-10(4-6-12)19-13(20)7-11-2-1-9(17)8-18-11/h1-6,8,14H,7,17H2,(H,19,20). The van der Waals surface area contributed by atoms with Crippen LogP contribution in [0.4, 0.5) is 20.2 Å². The number of hydrogen-bond donors (Lipinski definition) is 2. The van der Waals surface area contributed by atoms with Gasteiger partial charge in [-0.15, -0.1) is 0 Å². The van der Waals surface area contributed by atoms with Crippen molar-refractivity contribution in [2.75, 3.05) is 11.1 Å². The minimum Gasteiger partial charge on any atom is -0.397 e. The van der Waals surface area contributed by atoms with Crippen molar-refractivity contribution in [1.29, 1.82) is 0 Å². The molecule has 21 heavy (non-hydrogen) atoms. The highest BCUT2D eigenvalue weighted by atomic mass is 32.2. The number of hydrogen-bond acceptors (Lipinski definition) is 4. The number of halogens is 2. The van der Waals surface area contributed by atoms with E-state index in [4.69, 9.17) is 5.73 Å². The van der Waals surface area contributed by atoms with Crippen LogP contribution in [-0.2, 0) is 11.2 Å². The van der Waals surface area contributed by atoms with Crippen LogP contribution in [0.15, 0.2) is 47.5 Å². The van der Waals surface area contributed by atoms with Crippen LogP contribution < -0.4 is 11.1 Å². The van der Waals surface area contributed by atoms with E-state index in [0.29, 0.717) is 33.7 Å². The van der Waals surface area contributed by atoms with E-state index in [1.54, 1.807) is 24.3 Å². The number of alkyl halides is 2. The number of nitrogens with two attached hydrogens (primary N) is 1. The summed E-state index contributed by atoms with van der Waals surface area (Å²) >= 11 is 0.462. The Morgan fingerprint density at radius 2 is 1.95 bits per heavy atom. The molecule has 2 rings (SSSR count). The van der Waals surface area contributed by atoms with E-state index < -0.39 is 5.76 Å². The number of pyridine rings is 1. The summed E-state index contributed by atoms with van der Waals surface area (Å²) in [5.74, 6) is -2.69. The molecular weight excluding hydrogens is 296 g/mol. The molecule has 2 aromatic rings. The Hall–Kier alpha value is -2.15. The van der Waals surface area contributed by atoms with E-state index in [0.717, 1.165) is 0 Å². The number of carbonyl (C=O) groups is 1. The van der Waals surface area contributed by atoms with Gasteiger partial charge in [-0.05, 0) is 36.4 Å². The highest BCUT2D eigenvalue weighted by molar-refractivity contribution is 7.99. The minimum atomic E-state index is -2.46. The van der Waals surface area contributed by atoms with Crippen molar-refractivity contribution < 1.29 is 13.6 Å².